The minimum absolute atomic E-state index is 0.0711. The van der Waals surface area contributed by atoms with E-state index in [9.17, 15) is 14.4 Å². The van der Waals surface area contributed by atoms with Gasteiger partial charge >= 0.3 is 17.9 Å². The minimum atomic E-state index is -0.776. The second-order valence-corrected chi connectivity index (χ2v) is 24.9. The van der Waals surface area contributed by atoms with Crippen molar-refractivity contribution in [2.24, 2.45) is 0 Å². The van der Waals surface area contributed by atoms with E-state index in [0.717, 1.165) is 77.0 Å². The summed E-state index contributed by atoms with van der Waals surface area (Å²) in [5, 5.41) is 0. The quantitative estimate of drug-likeness (QED) is 0.0261. The van der Waals surface area contributed by atoms with Crippen molar-refractivity contribution >= 4 is 17.9 Å². The van der Waals surface area contributed by atoms with Crippen LogP contribution in [0.1, 0.15) is 393 Å². The monoisotopic (exact) mass is 1160 g/mol. The Labute approximate surface area is 517 Å². The predicted molar refractivity (Wildman–Crippen MR) is 362 cm³/mol. The van der Waals surface area contributed by atoms with Crippen molar-refractivity contribution in [3.05, 3.63) is 60.8 Å². The number of allylic oxidation sites excluding steroid dienone is 10. The summed E-state index contributed by atoms with van der Waals surface area (Å²) in [7, 11) is 0. The largest absolute Gasteiger partial charge is 0.462 e. The molecule has 0 aromatic heterocycles. The second kappa shape index (κ2) is 71.6. The predicted octanol–water partition coefficient (Wildman–Crippen LogP) is 25.5. The van der Waals surface area contributed by atoms with Crippen LogP contribution in [0, 0.1) is 0 Å². The molecule has 0 aromatic rings. The molecule has 0 fully saturated rings. The highest BCUT2D eigenvalue weighted by Gasteiger charge is 2.19. The first-order valence-corrected chi connectivity index (χ1v) is 36.8. The molecule has 484 valence electrons. The Balaban J connectivity index is 4.26. The lowest BCUT2D eigenvalue weighted by Crippen LogP contribution is -2.30. The van der Waals surface area contributed by atoms with Crippen molar-refractivity contribution in [1.82, 2.24) is 0 Å². The molecule has 83 heavy (non-hydrogen) atoms. The van der Waals surface area contributed by atoms with Gasteiger partial charge in [0.2, 0.25) is 0 Å². The fourth-order valence-corrected chi connectivity index (χ4v) is 11.0. The first kappa shape index (κ1) is 80.1. The van der Waals surface area contributed by atoms with Crippen molar-refractivity contribution in [1.29, 1.82) is 0 Å². The SMILES string of the molecule is CCCCCCC/C=C\C/C=C\C/C=C\CCCCCCCCCCCCCCCCC(=O)OCC(COC(=O)CCCCCCCCCCCCCCCCC)OC(=O)CCCCCCCCCCC/C=C\C/C=C\CCCCCCC. The van der Waals surface area contributed by atoms with Crippen LogP contribution in [0.4, 0.5) is 0 Å². The third-order valence-electron chi connectivity index (χ3n) is 16.5. The van der Waals surface area contributed by atoms with Crippen LogP contribution >= 0.6 is 0 Å². The van der Waals surface area contributed by atoms with Gasteiger partial charge in [-0.05, 0) is 89.9 Å². The summed E-state index contributed by atoms with van der Waals surface area (Å²) in [5.41, 5.74) is 0. The number of rotatable bonds is 68. The van der Waals surface area contributed by atoms with E-state index in [1.165, 1.54) is 276 Å². The molecule has 0 radical (unpaired) electrons. The molecule has 6 heteroatoms. The van der Waals surface area contributed by atoms with Crippen LogP contribution in [-0.2, 0) is 28.6 Å². The average molecular weight is 1160 g/mol. The van der Waals surface area contributed by atoms with Gasteiger partial charge in [-0.1, -0.05) is 345 Å². The highest BCUT2D eigenvalue weighted by molar-refractivity contribution is 5.71. The Morgan fingerprint density at radius 1 is 0.241 bits per heavy atom. The molecule has 6 nitrogen and oxygen atoms in total. The number of unbranched alkanes of at least 4 members (excludes halogenated alkanes) is 47. The molecule has 0 saturated carbocycles. The van der Waals surface area contributed by atoms with E-state index >= 15 is 0 Å². The van der Waals surface area contributed by atoms with Gasteiger partial charge in [-0.15, -0.1) is 0 Å². The van der Waals surface area contributed by atoms with E-state index in [-0.39, 0.29) is 31.1 Å². The average Bonchev–Trinajstić information content (AvgIpc) is 3.49. The van der Waals surface area contributed by atoms with E-state index < -0.39 is 6.10 Å². The number of hydrogen-bond donors (Lipinski definition) is 0. The Morgan fingerprint density at radius 2 is 0.434 bits per heavy atom. The summed E-state index contributed by atoms with van der Waals surface area (Å²) < 4.78 is 17.0. The van der Waals surface area contributed by atoms with Crippen molar-refractivity contribution < 1.29 is 28.6 Å². The van der Waals surface area contributed by atoms with Crippen LogP contribution < -0.4 is 0 Å². The van der Waals surface area contributed by atoms with Crippen molar-refractivity contribution in [2.45, 2.75) is 399 Å². The van der Waals surface area contributed by atoms with Crippen LogP contribution in [0.25, 0.3) is 0 Å². The molecule has 0 aliphatic carbocycles. The maximum Gasteiger partial charge on any atom is 0.306 e. The first-order chi connectivity index (χ1) is 41.0. The molecular weight excluding hydrogens is 1020 g/mol. The normalized spacial score (nSPS) is 12.4. The van der Waals surface area contributed by atoms with Crippen LogP contribution in [0.2, 0.25) is 0 Å². The van der Waals surface area contributed by atoms with Crippen LogP contribution in [0.5, 0.6) is 0 Å². The Morgan fingerprint density at radius 3 is 0.675 bits per heavy atom. The lowest BCUT2D eigenvalue weighted by molar-refractivity contribution is -0.167. The topological polar surface area (TPSA) is 78.9 Å². The Kier molecular flexibility index (Phi) is 69.1. The molecule has 0 heterocycles. The third kappa shape index (κ3) is 69.8. The van der Waals surface area contributed by atoms with E-state index in [0.29, 0.717) is 19.3 Å². The zero-order valence-corrected chi connectivity index (χ0v) is 55.7. The van der Waals surface area contributed by atoms with Gasteiger partial charge in [0.1, 0.15) is 13.2 Å². The van der Waals surface area contributed by atoms with Gasteiger partial charge in [0.15, 0.2) is 6.10 Å². The smallest absolute Gasteiger partial charge is 0.306 e. The number of ether oxygens (including phenoxy) is 3. The maximum absolute atomic E-state index is 13.0. The third-order valence-corrected chi connectivity index (χ3v) is 16.5. The first-order valence-electron chi connectivity index (χ1n) is 36.8. The molecule has 0 aliphatic rings. The summed E-state index contributed by atoms with van der Waals surface area (Å²) in [6.45, 7) is 6.68. The zero-order chi connectivity index (χ0) is 59.9. The molecule has 1 unspecified atom stereocenters. The van der Waals surface area contributed by atoms with Crippen molar-refractivity contribution in [2.75, 3.05) is 13.2 Å². The number of hydrogen-bond acceptors (Lipinski definition) is 6. The van der Waals surface area contributed by atoms with Gasteiger partial charge in [0, 0.05) is 19.3 Å². The van der Waals surface area contributed by atoms with Crippen LogP contribution in [0.15, 0.2) is 60.8 Å². The summed E-state index contributed by atoms with van der Waals surface area (Å²) in [5.74, 6) is -0.849. The molecule has 0 spiro atoms. The maximum atomic E-state index is 13.0. The molecule has 0 rings (SSSR count). The van der Waals surface area contributed by atoms with Gasteiger partial charge in [-0.3, -0.25) is 14.4 Å². The fourth-order valence-electron chi connectivity index (χ4n) is 11.0. The zero-order valence-electron chi connectivity index (χ0n) is 55.7. The van der Waals surface area contributed by atoms with Gasteiger partial charge in [-0.2, -0.15) is 0 Å². The van der Waals surface area contributed by atoms with E-state index in [4.69, 9.17) is 14.2 Å². The van der Waals surface area contributed by atoms with E-state index in [1.807, 2.05) is 0 Å². The Bertz CT molecular complexity index is 1470. The summed E-state index contributed by atoms with van der Waals surface area (Å²) in [6, 6.07) is 0. The summed E-state index contributed by atoms with van der Waals surface area (Å²) in [4.78, 5) is 38.5. The van der Waals surface area contributed by atoms with Gasteiger partial charge < -0.3 is 14.2 Å². The van der Waals surface area contributed by atoms with Crippen LogP contribution in [-0.4, -0.2) is 37.2 Å². The molecule has 0 aromatic carbocycles. The van der Waals surface area contributed by atoms with Crippen molar-refractivity contribution in [3.8, 4) is 0 Å². The molecular formula is C77H140O6. The summed E-state index contributed by atoms with van der Waals surface area (Å²) in [6.07, 6.45) is 92.5. The van der Waals surface area contributed by atoms with Gasteiger partial charge in [0.05, 0.1) is 0 Å². The lowest BCUT2D eigenvalue weighted by Gasteiger charge is -2.18. The molecule has 1 atom stereocenters. The number of carbonyl (C=O) groups excluding carboxylic acids is 3. The van der Waals surface area contributed by atoms with Gasteiger partial charge in [0.25, 0.3) is 0 Å². The lowest BCUT2D eigenvalue weighted by atomic mass is 10.0. The fraction of sp³-hybridized carbons (Fsp3) is 0.831. The van der Waals surface area contributed by atoms with Crippen LogP contribution in [0.3, 0.4) is 0 Å². The van der Waals surface area contributed by atoms with E-state index in [1.54, 1.807) is 0 Å². The van der Waals surface area contributed by atoms with Crippen molar-refractivity contribution in [3.63, 3.8) is 0 Å². The standard InChI is InChI=1S/C77H140O6/c1-4-7-10-13-16-19-22-25-28-30-32-34-35-36-37-38-39-40-41-43-44-46-49-52-55-58-61-64-67-70-76(79)82-73-74(72-81-75(78)69-66-63-60-57-54-51-48-27-24-21-18-15-12-9-6-3)83-77(80)71-68-65-62-59-56-53-50-47-45-42-33-31-29-26-23-20-17-14-11-8-5-2/h22-23,25-26,30-33,35-36,74H,4-21,24,27-29,34,37-73H2,1-3H3/b25-22-,26-23-,32-30-,33-31-,36-35-. The molecule has 0 aliphatic heterocycles. The highest BCUT2D eigenvalue weighted by atomic mass is 16.6. The molecule has 0 N–H and O–H groups in total. The minimum Gasteiger partial charge on any atom is -0.462 e. The second-order valence-electron chi connectivity index (χ2n) is 24.9. The number of carbonyl (C=O) groups is 3. The molecule has 0 amide bonds. The van der Waals surface area contributed by atoms with E-state index in [2.05, 4.69) is 81.5 Å². The Hall–Kier alpha value is -2.89. The highest BCUT2D eigenvalue weighted by Crippen LogP contribution is 2.18. The van der Waals surface area contributed by atoms with Gasteiger partial charge in [-0.25, -0.2) is 0 Å². The molecule has 0 bridgehead atoms. The number of esters is 3. The summed E-state index contributed by atoms with van der Waals surface area (Å²) >= 11 is 0. The molecule has 0 saturated heterocycles.